The average molecular weight is 325 g/mol. The molecular formula is C19H27N5. The monoisotopic (exact) mass is 325 g/mol. The third-order valence-electron chi connectivity index (χ3n) is 4.87. The highest BCUT2D eigenvalue weighted by Crippen LogP contribution is 2.31. The molecule has 1 saturated heterocycles. The molecule has 128 valence electrons. The Balaban J connectivity index is 1.89. The average Bonchev–Trinajstić information content (AvgIpc) is 2.61. The lowest BCUT2D eigenvalue weighted by Gasteiger charge is -2.40. The van der Waals surface area contributed by atoms with Gasteiger partial charge < -0.3 is 15.5 Å². The van der Waals surface area contributed by atoms with Gasteiger partial charge in [0.15, 0.2) is 0 Å². The highest BCUT2D eigenvalue weighted by molar-refractivity contribution is 5.58. The zero-order chi connectivity index (χ0) is 17.2. The molecule has 1 aliphatic heterocycles. The molecule has 1 unspecified atom stereocenters. The molecule has 1 aromatic carbocycles. The minimum Gasteiger partial charge on any atom is -0.356 e. The third-order valence-corrected chi connectivity index (χ3v) is 4.87. The van der Waals surface area contributed by atoms with E-state index in [4.69, 9.17) is 10.7 Å². The summed E-state index contributed by atoms with van der Waals surface area (Å²) in [5, 5.41) is 0. The van der Waals surface area contributed by atoms with E-state index in [2.05, 4.69) is 35.0 Å². The zero-order valence-electron chi connectivity index (χ0n) is 14.9. The molecule has 5 heteroatoms. The van der Waals surface area contributed by atoms with Crippen LogP contribution in [0, 0.1) is 12.3 Å². The number of aryl methyl sites for hydroxylation is 1. The molecule has 1 atom stereocenters. The Bertz CT molecular complexity index is 687. The van der Waals surface area contributed by atoms with Gasteiger partial charge in [0.25, 0.3) is 0 Å². The van der Waals surface area contributed by atoms with Crippen LogP contribution in [0.15, 0.2) is 36.4 Å². The number of rotatable bonds is 4. The van der Waals surface area contributed by atoms with Gasteiger partial charge in [0.05, 0.1) is 0 Å². The number of para-hydroxylation sites is 1. The van der Waals surface area contributed by atoms with Crippen LogP contribution in [-0.2, 0) is 0 Å². The standard InChI is InChI=1S/C19H27N5/c1-15-12-17(24-11-7-10-19(2,13-20)14-24)22-18(21-15)23(3)16-8-5-4-6-9-16/h4-6,8-9,12H,7,10-11,13-14,20H2,1-3H3. The van der Waals surface area contributed by atoms with Gasteiger partial charge in [-0.15, -0.1) is 0 Å². The molecule has 2 heterocycles. The summed E-state index contributed by atoms with van der Waals surface area (Å²) in [5.74, 6) is 1.73. The number of anilines is 3. The molecule has 24 heavy (non-hydrogen) atoms. The third kappa shape index (κ3) is 3.51. The van der Waals surface area contributed by atoms with Crippen molar-refractivity contribution in [3.63, 3.8) is 0 Å². The predicted molar refractivity (Wildman–Crippen MR) is 99.9 cm³/mol. The summed E-state index contributed by atoms with van der Waals surface area (Å²) in [6.07, 6.45) is 2.33. The molecule has 0 amide bonds. The highest BCUT2D eigenvalue weighted by atomic mass is 15.3. The summed E-state index contributed by atoms with van der Waals surface area (Å²) in [6.45, 7) is 6.99. The smallest absolute Gasteiger partial charge is 0.231 e. The molecule has 0 saturated carbocycles. The first kappa shape index (κ1) is 16.7. The lowest BCUT2D eigenvalue weighted by atomic mass is 9.82. The lowest BCUT2D eigenvalue weighted by molar-refractivity contribution is 0.271. The van der Waals surface area contributed by atoms with E-state index in [1.165, 1.54) is 6.42 Å². The number of aromatic nitrogens is 2. The molecule has 0 bridgehead atoms. The second kappa shape index (κ2) is 6.77. The van der Waals surface area contributed by atoms with Crippen molar-refractivity contribution in [1.82, 2.24) is 9.97 Å². The molecule has 1 aromatic heterocycles. The van der Waals surface area contributed by atoms with Crippen LogP contribution in [0.2, 0.25) is 0 Å². The van der Waals surface area contributed by atoms with Crippen LogP contribution < -0.4 is 15.5 Å². The van der Waals surface area contributed by atoms with Crippen LogP contribution in [0.25, 0.3) is 0 Å². The van der Waals surface area contributed by atoms with E-state index in [1.54, 1.807) is 0 Å². The Morgan fingerprint density at radius 2 is 2.00 bits per heavy atom. The van der Waals surface area contributed by atoms with E-state index in [0.717, 1.165) is 42.7 Å². The summed E-state index contributed by atoms with van der Waals surface area (Å²) in [4.78, 5) is 13.8. The van der Waals surface area contributed by atoms with Crippen molar-refractivity contribution in [2.75, 3.05) is 36.5 Å². The first-order chi connectivity index (χ1) is 11.5. The summed E-state index contributed by atoms with van der Waals surface area (Å²) < 4.78 is 0. The minimum atomic E-state index is 0.169. The molecule has 2 N–H and O–H groups in total. The van der Waals surface area contributed by atoms with E-state index >= 15 is 0 Å². The molecule has 0 spiro atoms. The molecule has 0 radical (unpaired) electrons. The Morgan fingerprint density at radius 1 is 1.25 bits per heavy atom. The molecule has 1 aliphatic rings. The number of nitrogens with zero attached hydrogens (tertiary/aromatic N) is 4. The number of benzene rings is 1. The van der Waals surface area contributed by atoms with Crippen molar-refractivity contribution in [3.8, 4) is 0 Å². The summed E-state index contributed by atoms with van der Waals surface area (Å²) in [6, 6.07) is 12.3. The second-order valence-electron chi connectivity index (χ2n) is 7.10. The second-order valence-corrected chi connectivity index (χ2v) is 7.10. The zero-order valence-corrected chi connectivity index (χ0v) is 14.9. The van der Waals surface area contributed by atoms with E-state index in [9.17, 15) is 0 Å². The first-order valence-corrected chi connectivity index (χ1v) is 8.60. The van der Waals surface area contributed by atoms with Crippen LogP contribution in [0.4, 0.5) is 17.5 Å². The maximum Gasteiger partial charge on any atom is 0.231 e. The van der Waals surface area contributed by atoms with E-state index < -0.39 is 0 Å². The van der Waals surface area contributed by atoms with Gasteiger partial charge >= 0.3 is 0 Å². The largest absolute Gasteiger partial charge is 0.356 e. The first-order valence-electron chi connectivity index (χ1n) is 8.60. The molecule has 0 aliphatic carbocycles. The van der Waals surface area contributed by atoms with Crippen molar-refractivity contribution in [2.45, 2.75) is 26.7 Å². The summed E-state index contributed by atoms with van der Waals surface area (Å²) >= 11 is 0. The molecule has 3 rings (SSSR count). The summed E-state index contributed by atoms with van der Waals surface area (Å²) in [5.41, 5.74) is 8.23. The lowest BCUT2D eigenvalue weighted by Crippen LogP contribution is -2.46. The normalized spacial score (nSPS) is 20.9. The quantitative estimate of drug-likeness (QED) is 0.936. The van der Waals surface area contributed by atoms with E-state index in [0.29, 0.717) is 6.54 Å². The molecule has 2 aromatic rings. The van der Waals surface area contributed by atoms with Crippen molar-refractivity contribution >= 4 is 17.5 Å². The molecule has 1 fully saturated rings. The van der Waals surface area contributed by atoms with Gasteiger partial charge in [0, 0.05) is 37.6 Å². The maximum absolute atomic E-state index is 5.99. The number of hydrogen-bond donors (Lipinski definition) is 1. The number of piperidine rings is 1. The fourth-order valence-electron chi connectivity index (χ4n) is 3.29. The fraction of sp³-hybridized carbons (Fsp3) is 0.474. The van der Waals surface area contributed by atoms with Crippen molar-refractivity contribution in [2.24, 2.45) is 11.1 Å². The van der Waals surface area contributed by atoms with Gasteiger partial charge in [-0.2, -0.15) is 4.98 Å². The molecular weight excluding hydrogens is 298 g/mol. The number of hydrogen-bond acceptors (Lipinski definition) is 5. The Morgan fingerprint density at radius 3 is 2.71 bits per heavy atom. The van der Waals surface area contributed by atoms with Crippen molar-refractivity contribution in [1.29, 1.82) is 0 Å². The minimum absolute atomic E-state index is 0.169. The summed E-state index contributed by atoms with van der Waals surface area (Å²) in [7, 11) is 2.01. The van der Waals surface area contributed by atoms with Gasteiger partial charge in [-0.25, -0.2) is 4.98 Å². The van der Waals surface area contributed by atoms with Crippen molar-refractivity contribution in [3.05, 3.63) is 42.1 Å². The van der Waals surface area contributed by atoms with Crippen LogP contribution in [0.3, 0.4) is 0 Å². The van der Waals surface area contributed by atoms with E-state index in [1.807, 2.05) is 37.1 Å². The fourth-order valence-corrected chi connectivity index (χ4v) is 3.29. The Labute approximate surface area is 144 Å². The molecule has 5 nitrogen and oxygen atoms in total. The number of nitrogens with two attached hydrogens (primary N) is 1. The van der Waals surface area contributed by atoms with Crippen LogP contribution >= 0.6 is 0 Å². The van der Waals surface area contributed by atoms with Crippen LogP contribution in [0.1, 0.15) is 25.5 Å². The van der Waals surface area contributed by atoms with Gasteiger partial charge in [0.2, 0.25) is 5.95 Å². The van der Waals surface area contributed by atoms with Crippen LogP contribution in [0.5, 0.6) is 0 Å². The van der Waals surface area contributed by atoms with Gasteiger partial charge in [0.1, 0.15) is 5.82 Å². The Hall–Kier alpha value is -2.14. The van der Waals surface area contributed by atoms with Gasteiger partial charge in [-0.05, 0) is 43.9 Å². The van der Waals surface area contributed by atoms with E-state index in [-0.39, 0.29) is 5.41 Å². The SMILES string of the molecule is Cc1cc(N2CCCC(C)(CN)C2)nc(N(C)c2ccccc2)n1. The van der Waals surface area contributed by atoms with Crippen molar-refractivity contribution < 1.29 is 0 Å². The highest BCUT2D eigenvalue weighted by Gasteiger charge is 2.30. The van der Waals surface area contributed by atoms with Gasteiger partial charge in [-0.3, -0.25) is 0 Å². The van der Waals surface area contributed by atoms with Crippen LogP contribution in [-0.4, -0.2) is 36.6 Å². The Kier molecular flexibility index (Phi) is 4.71. The predicted octanol–water partition coefficient (Wildman–Crippen LogP) is 3.12. The topological polar surface area (TPSA) is 58.3 Å². The maximum atomic E-state index is 5.99. The van der Waals surface area contributed by atoms with Gasteiger partial charge in [-0.1, -0.05) is 25.1 Å².